The SMILES string of the molecule is COc1ccc(CNC2CCCCCC2C)cc1C#N. The second-order valence-corrected chi connectivity index (χ2v) is 5.75. The van der Waals surface area contributed by atoms with Gasteiger partial charge in [0, 0.05) is 12.6 Å². The third kappa shape index (κ3) is 3.74. The van der Waals surface area contributed by atoms with Gasteiger partial charge in [-0.25, -0.2) is 0 Å². The Kier molecular flexibility index (Phi) is 5.43. The van der Waals surface area contributed by atoms with Crippen molar-refractivity contribution in [3.05, 3.63) is 29.3 Å². The van der Waals surface area contributed by atoms with E-state index in [1.165, 1.54) is 32.1 Å². The van der Waals surface area contributed by atoms with Crippen LogP contribution < -0.4 is 10.1 Å². The van der Waals surface area contributed by atoms with E-state index in [0.29, 0.717) is 17.4 Å². The molecule has 1 aromatic carbocycles. The van der Waals surface area contributed by atoms with Crippen molar-refractivity contribution in [1.82, 2.24) is 5.32 Å². The summed E-state index contributed by atoms with van der Waals surface area (Å²) in [6, 6.07) is 8.63. The van der Waals surface area contributed by atoms with E-state index < -0.39 is 0 Å². The Morgan fingerprint density at radius 3 is 2.85 bits per heavy atom. The van der Waals surface area contributed by atoms with Crippen molar-refractivity contribution in [2.24, 2.45) is 5.92 Å². The van der Waals surface area contributed by atoms with E-state index in [1.807, 2.05) is 18.2 Å². The molecular formula is C17H24N2O. The zero-order chi connectivity index (χ0) is 14.4. The standard InChI is InChI=1S/C17H24N2O/c1-13-6-4-3-5-7-16(13)19-12-14-8-9-17(20-2)15(10-14)11-18/h8-10,13,16,19H,3-7,12H2,1-2H3. The molecule has 2 unspecified atom stereocenters. The zero-order valence-electron chi connectivity index (χ0n) is 12.5. The summed E-state index contributed by atoms with van der Waals surface area (Å²) in [4.78, 5) is 0. The minimum absolute atomic E-state index is 0.602. The Morgan fingerprint density at radius 2 is 2.10 bits per heavy atom. The Labute approximate surface area is 121 Å². The molecule has 0 amide bonds. The van der Waals surface area contributed by atoms with Crippen molar-refractivity contribution in [1.29, 1.82) is 5.26 Å². The Balaban J connectivity index is 1.98. The number of hydrogen-bond acceptors (Lipinski definition) is 3. The van der Waals surface area contributed by atoms with Crippen molar-refractivity contribution in [3.63, 3.8) is 0 Å². The average molecular weight is 272 g/mol. The fourth-order valence-corrected chi connectivity index (χ4v) is 3.00. The lowest BCUT2D eigenvalue weighted by Gasteiger charge is -2.23. The molecule has 3 nitrogen and oxygen atoms in total. The summed E-state index contributed by atoms with van der Waals surface area (Å²) < 4.78 is 5.18. The fourth-order valence-electron chi connectivity index (χ4n) is 3.00. The van der Waals surface area contributed by atoms with Gasteiger partial charge in [0.2, 0.25) is 0 Å². The lowest BCUT2D eigenvalue weighted by Crippen LogP contribution is -2.33. The van der Waals surface area contributed by atoms with Crippen LogP contribution in [0.25, 0.3) is 0 Å². The highest BCUT2D eigenvalue weighted by atomic mass is 16.5. The van der Waals surface area contributed by atoms with Gasteiger partial charge in [0.25, 0.3) is 0 Å². The number of ether oxygens (including phenoxy) is 1. The first kappa shape index (κ1) is 14.9. The molecule has 0 spiro atoms. The molecular weight excluding hydrogens is 248 g/mol. The molecule has 0 aromatic heterocycles. The summed E-state index contributed by atoms with van der Waals surface area (Å²) in [5, 5.41) is 12.8. The smallest absolute Gasteiger partial charge is 0.136 e. The normalized spacial score (nSPS) is 22.9. The zero-order valence-corrected chi connectivity index (χ0v) is 12.5. The molecule has 3 heteroatoms. The number of methoxy groups -OCH3 is 1. The first-order valence-corrected chi connectivity index (χ1v) is 7.55. The summed E-state index contributed by atoms with van der Waals surface area (Å²) in [6.45, 7) is 3.17. The van der Waals surface area contributed by atoms with E-state index >= 15 is 0 Å². The molecule has 0 bridgehead atoms. The van der Waals surface area contributed by atoms with E-state index in [9.17, 15) is 0 Å². The molecule has 1 aliphatic carbocycles. The average Bonchev–Trinajstić information content (AvgIpc) is 2.69. The highest BCUT2D eigenvalue weighted by Crippen LogP contribution is 2.24. The summed E-state index contributed by atoms with van der Waals surface area (Å²) >= 11 is 0. The Morgan fingerprint density at radius 1 is 1.30 bits per heavy atom. The van der Waals surface area contributed by atoms with Crippen molar-refractivity contribution in [2.45, 2.75) is 51.6 Å². The predicted molar refractivity (Wildman–Crippen MR) is 80.6 cm³/mol. The third-order valence-corrected chi connectivity index (χ3v) is 4.31. The highest BCUT2D eigenvalue weighted by Gasteiger charge is 2.19. The Bertz CT molecular complexity index is 478. The van der Waals surface area contributed by atoms with Crippen LogP contribution in [0.3, 0.4) is 0 Å². The van der Waals surface area contributed by atoms with E-state index in [1.54, 1.807) is 7.11 Å². The Hall–Kier alpha value is -1.53. The maximum Gasteiger partial charge on any atom is 0.136 e. The molecule has 1 aliphatic rings. The summed E-state index contributed by atoms with van der Waals surface area (Å²) in [6.07, 6.45) is 6.64. The van der Waals surface area contributed by atoms with Crippen molar-refractivity contribution in [2.75, 3.05) is 7.11 Å². The maximum atomic E-state index is 9.12. The lowest BCUT2D eigenvalue weighted by atomic mass is 9.96. The quantitative estimate of drug-likeness (QED) is 0.851. The number of nitrogens with one attached hydrogen (secondary N) is 1. The van der Waals surface area contributed by atoms with Crippen LogP contribution in [0.15, 0.2) is 18.2 Å². The lowest BCUT2D eigenvalue weighted by molar-refractivity contribution is 0.356. The van der Waals surface area contributed by atoms with Gasteiger partial charge in [-0.1, -0.05) is 32.3 Å². The van der Waals surface area contributed by atoms with Crippen LogP contribution in [0.4, 0.5) is 0 Å². The molecule has 0 saturated heterocycles. The van der Waals surface area contributed by atoms with Crippen molar-refractivity contribution in [3.8, 4) is 11.8 Å². The van der Waals surface area contributed by atoms with Crippen LogP contribution >= 0.6 is 0 Å². The first-order valence-electron chi connectivity index (χ1n) is 7.55. The summed E-state index contributed by atoms with van der Waals surface area (Å²) in [7, 11) is 1.60. The van der Waals surface area contributed by atoms with Gasteiger partial charge in [0.1, 0.15) is 11.8 Å². The number of rotatable bonds is 4. The van der Waals surface area contributed by atoms with Crippen LogP contribution in [-0.2, 0) is 6.54 Å². The van der Waals surface area contributed by atoms with Crippen molar-refractivity contribution >= 4 is 0 Å². The van der Waals surface area contributed by atoms with Crippen LogP contribution in [0.2, 0.25) is 0 Å². The molecule has 1 aromatic rings. The topological polar surface area (TPSA) is 45.0 Å². The van der Waals surface area contributed by atoms with E-state index in [0.717, 1.165) is 18.0 Å². The van der Waals surface area contributed by atoms with Crippen LogP contribution in [0.5, 0.6) is 5.75 Å². The first-order chi connectivity index (χ1) is 9.74. The minimum Gasteiger partial charge on any atom is -0.495 e. The molecule has 2 rings (SSSR count). The van der Waals surface area contributed by atoms with Gasteiger partial charge in [-0.2, -0.15) is 5.26 Å². The molecule has 0 heterocycles. The third-order valence-electron chi connectivity index (χ3n) is 4.31. The number of hydrogen-bond donors (Lipinski definition) is 1. The molecule has 0 radical (unpaired) electrons. The van der Waals surface area contributed by atoms with E-state index in [-0.39, 0.29) is 0 Å². The summed E-state index contributed by atoms with van der Waals surface area (Å²) in [5.41, 5.74) is 1.76. The molecule has 20 heavy (non-hydrogen) atoms. The van der Waals surface area contributed by atoms with Crippen LogP contribution in [0.1, 0.15) is 50.2 Å². The van der Waals surface area contributed by atoms with Gasteiger partial charge in [-0.3, -0.25) is 0 Å². The van der Waals surface area contributed by atoms with Crippen LogP contribution in [0, 0.1) is 17.2 Å². The molecule has 2 atom stereocenters. The van der Waals surface area contributed by atoms with Crippen molar-refractivity contribution < 1.29 is 4.74 Å². The van der Waals surface area contributed by atoms with Gasteiger partial charge in [-0.15, -0.1) is 0 Å². The van der Waals surface area contributed by atoms with Gasteiger partial charge in [0.15, 0.2) is 0 Å². The number of nitriles is 1. The van der Waals surface area contributed by atoms with Gasteiger partial charge in [-0.05, 0) is 36.5 Å². The molecule has 0 aliphatic heterocycles. The second-order valence-electron chi connectivity index (χ2n) is 5.75. The van der Waals surface area contributed by atoms with Gasteiger partial charge >= 0.3 is 0 Å². The minimum atomic E-state index is 0.602. The number of benzene rings is 1. The highest BCUT2D eigenvalue weighted by molar-refractivity contribution is 5.45. The molecule has 1 N–H and O–H groups in total. The van der Waals surface area contributed by atoms with E-state index in [2.05, 4.69) is 18.3 Å². The fraction of sp³-hybridized carbons (Fsp3) is 0.588. The molecule has 1 fully saturated rings. The van der Waals surface area contributed by atoms with Gasteiger partial charge in [0.05, 0.1) is 12.7 Å². The van der Waals surface area contributed by atoms with E-state index in [4.69, 9.17) is 10.00 Å². The molecule has 1 saturated carbocycles. The number of nitrogens with zero attached hydrogens (tertiary/aromatic N) is 1. The molecule has 108 valence electrons. The summed E-state index contributed by atoms with van der Waals surface area (Å²) in [5.74, 6) is 1.39. The second kappa shape index (κ2) is 7.31. The van der Waals surface area contributed by atoms with Gasteiger partial charge < -0.3 is 10.1 Å². The largest absolute Gasteiger partial charge is 0.495 e. The predicted octanol–water partition coefficient (Wildman–Crippen LogP) is 3.63. The monoisotopic (exact) mass is 272 g/mol. The van der Waals surface area contributed by atoms with Crippen LogP contribution in [-0.4, -0.2) is 13.2 Å². The maximum absolute atomic E-state index is 9.12.